The lowest BCUT2D eigenvalue weighted by molar-refractivity contribution is -0.352. The van der Waals surface area contributed by atoms with Gasteiger partial charge in [-0.2, -0.15) is 0 Å². The molecule has 7 nitrogen and oxygen atoms in total. The van der Waals surface area contributed by atoms with Crippen LogP contribution in [0.25, 0.3) is 10.9 Å². The second-order valence-corrected chi connectivity index (χ2v) is 7.33. The second kappa shape index (κ2) is 8.46. The summed E-state index contributed by atoms with van der Waals surface area (Å²) in [6.45, 7) is 3.84. The van der Waals surface area contributed by atoms with Crippen molar-refractivity contribution in [3.8, 4) is 0 Å². The van der Waals surface area contributed by atoms with E-state index in [1.165, 1.54) is 0 Å². The quantitative estimate of drug-likeness (QED) is 0.600. The number of benzene rings is 1. The molecule has 1 saturated carbocycles. The second-order valence-electron chi connectivity index (χ2n) is 7.33. The average molecular weight is 432 g/mol. The number of para-hydroxylation sites is 1. The smallest absolute Gasteiger partial charge is 0.425 e. The van der Waals surface area contributed by atoms with Crippen LogP contribution in [0.3, 0.4) is 0 Å². The molecule has 3 aromatic rings. The first-order chi connectivity index (χ1) is 14.8. The van der Waals surface area contributed by atoms with Crippen molar-refractivity contribution in [2.45, 2.75) is 44.1 Å². The number of allylic oxidation sites excluding steroid dienone is 1. The number of hydrogen-bond acceptors (Lipinski definition) is 6. The van der Waals surface area contributed by atoms with Crippen molar-refractivity contribution in [3.05, 3.63) is 66.1 Å². The maximum absolute atomic E-state index is 12.4. The van der Waals surface area contributed by atoms with Crippen LogP contribution in [-0.2, 0) is 11.2 Å². The molecule has 0 bridgehead atoms. The Labute approximate surface area is 175 Å². The number of nitrogens with zero attached hydrogens (tertiary/aromatic N) is 3. The molecule has 0 unspecified atom stereocenters. The van der Waals surface area contributed by atoms with Gasteiger partial charge in [-0.15, -0.1) is 23.4 Å². The first-order valence-electron chi connectivity index (χ1n) is 9.68. The molecule has 0 atom stereocenters. The van der Waals surface area contributed by atoms with Crippen LogP contribution in [0.4, 0.5) is 13.2 Å². The van der Waals surface area contributed by atoms with E-state index in [4.69, 9.17) is 4.42 Å². The van der Waals surface area contributed by atoms with E-state index >= 15 is 0 Å². The molecule has 10 heteroatoms. The highest BCUT2D eigenvalue weighted by Gasteiger charge is 2.42. The summed E-state index contributed by atoms with van der Waals surface area (Å²) in [5.41, 5.74) is 1.46. The van der Waals surface area contributed by atoms with Gasteiger partial charge in [-0.25, -0.2) is 4.98 Å². The molecule has 4 rings (SSSR count). The normalized spacial score (nSPS) is 18.5. The van der Waals surface area contributed by atoms with Gasteiger partial charge in [-0.05, 0) is 31.4 Å². The molecule has 0 spiro atoms. The first kappa shape index (κ1) is 21.0. The van der Waals surface area contributed by atoms with E-state index in [0.29, 0.717) is 30.3 Å². The number of aromatic nitrogens is 3. The minimum Gasteiger partial charge on any atom is -0.425 e. The van der Waals surface area contributed by atoms with Gasteiger partial charge in [0, 0.05) is 23.4 Å². The van der Waals surface area contributed by atoms with Crippen LogP contribution in [0.5, 0.6) is 0 Å². The Morgan fingerprint density at radius 3 is 2.74 bits per heavy atom. The number of aryl methyl sites for hydroxylation is 1. The minimum atomic E-state index is -4.64. The molecule has 1 fully saturated rings. The maximum Gasteiger partial charge on any atom is 0.522 e. The maximum atomic E-state index is 12.4. The van der Waals surface area contributed by atoms with Gasteiger partial charge in [0.15, 0.2) is 0 Å². The third-order valence-corrected chi connectivity index (χ3v) is 4.99. The highest BCUT2D eigenvalue weighted by Crippen LogP contribution is 2.40. The number of hydrogen-bond donors (Lipinski definition) is 1. The zero-order valence-corrected chi connectivity index (χ0v) is 16.4. The fraction of sp³-hybridized carbons (Fsp3) is 0.333. The van der Waals surface area contributed by atoms with Gasteiger partial charge < -0.3 is 9.73 Å². The van der Waals surface area contributed by atoms with Crippen LogP contribution < -0.4 is 5.32 Å². The SMILES string of the molecule is C=C(CCc1nnc([C@H]2C[C@@H](OC(F)(F)F)C2)o1)NC(=O)c1ccc2ccccc2n1. The van der Waals surface area contributed by atoms with E-state index in [2.05, 4.69) is 31.8 Å². The van der Waals surface area contributed by atoms with Crippen LogP contribution in [-0.4, -0.2) is 33.6 Å². The highest BCUT2D eigenvalue weighted by atomic mass is 19.4. The molecule has 31 heavy (non-hydrogen) atoms. The largest absolute Gasteiger partial charge is 0.522 e. The Hall–Kier alpha value is -3.27. The standard InChI is InChI=1S/C21H19F3N4O3/c1-12(25-19(29)17-8-7-13-4-2-3-5-16(13)26-17)6-9-18-27-28-20(30-18)14-10-15(11-14)31-21(22,23)24/h2-5,7-8,14-15H,1,6,9-11H2,(H,25,29)/t14-,15+. The lowest BCUT2D eigenvalue weighted by atomic mass is 9.82. The number of fused-ring (bicyclic) bond motifs is 1. The van der Waals surface area contributed by atoms with Crippen molar-refractivity contribution in [2.24, 2.45) is 0 Å². The fourth-order valence-corrected chi connectivity index (χ4v) is 3.32. The third-order valence-electron chi connectivity index (χ3n) is 4.99. The molecule has 2 aromatic heterocycles. The molecule has 0 aliphatic heterocycles. The molecular formula is C21H19F3N4O3. The van der Waals surface area contributed by atoms with Crippen LogP contribution in [0.2, 0.25) is 0 Å². The van der Waals surface area contributed by atoms with E-state index in [1.54, 1.807) is 6.07 Å². The Kier molecular flexibility index (Phi) is 5.73. The van der Waals surface area contributed by atoms with Gasteiger partial charge in [-0.3, -0.25) is 9.53 Å². The number of pyridine rings is 1. The monoisotopic (exact) mass is 432 g/mol. The predicted molar refractivity (Wildman–Crippen MR) is 104 cm³/mol. The minimum absolute atomic E-state index is 0.183. The van der Waals surface area contributed by atoms with Gasteiger partial charge in [-0.1, -0.05) is 30.8 Å². The summed E-state index contributed by atoms with van der Waals surface area (Å²) in [4.78, 5) is 16.7. The van der Waals surface area contributed by atoms with Crippen molar-refractivity contribution in [3.63, 3.8) is 0 Å². The molecule has 0 saturated heterocycles. The van der Waals surface area contributed by atoms with Gasteiger partial charge >= 0.3 is 6.36 Å². The summed E-state index contributed by atoms with van der Waals surface area (Å²) in [5, 5.41) is 11.5. The molecule has 0 radical (unpaired) electrons. The Morgan fingerprint density at radius 2 is 1.97 bits per heavy atom. The topological polar surface area (TPSA) is 90.1 Å². The number of carbonyl (C=O) groups is 1. The summed E-state index contributed by atoms with van der Waals surface area (Å²) in [6, 6.07) is 11.0. The Bertz CT molecular complexity index is 1110. The van der Waals surface area contributed by atoms with Crippen molar-refractivity contribution in [1.29, 1.82) is 0 Å². The molecule has 1 aliphatic rings. The fourth-order valence-electron chi connectivity index (χ4n) is 3.32. The zero-order chi connectivity index (χ0) is 22.0. The lowest BCUT2D eigenvalue weighted by Gasteiger charge is -2.32. The average Bonchev–Trinajstić information content (AvgIpc) is 3.16. The van der Waals surface area contributed by atoms with Crippen LogP contribution in [0.1, 0.15) is 47.5 Å². The molecule has 1 aromatic carbocycles. The molecule has 2 heterocycles. The van der Waals surface area contributed by atoms with E-state index in [-0.39, 0.29) is 30.4 Å². The van der Waals surface area contributed by atoms with Crippen LogP contribution in [0, 0.1) is 0 Å². The molecule has 162 valence electrons. The number of alkyl halides is 3. The summed E-state index contributed by atoms with van der Waals surface area (Å²) >= 11 is 0. The van der Waals surface area contributed by atoms with Crippen LogP contribution in [0.15, 0.2) is 53.1 Å². The van der Waals surface area contributed by atoms with Crippen LogP contribution >= 0.6 is 0 Å². The zero-order valence-electron chi connectivity index (χ0n) is 16.4. The summed E-state index contributed by atoms with van der Waals surface area (Å²) in [7, 11) is 0. The Morgan fingerprint density at radius 1 is 1.19 bits per heavy atom. The first-order valence-corrected chi connectivity index (χ1v) is 9.68. The summed E-state index contributed by atoms with van der Waals surface area (Å²) in [5.74, 6) is 0.0177. The lowest BCUT2D eigenvalue weighted by Crippen LogP contribution is -2.34. The number of halogens is 3. The van der Waals surface area contributed by atoms with Crippen molar-refractivity contribution < 1.29 is 27.1 Å². The van der Waals surface area contributed by atoms with E-state index in [9.17, 15) is 18.0 Å². The van der Waals surface area contributed by atoms with Gasteiger partial charge in [0.1, 0.15) is 5.69 Å². The van der Waals surface area contributed by atoms with Gasteiger partial charge in [0.2, 0.25) is 11.8 Å². The molecule has 1 amide bonds. The number of rotatable bonds is 7. The van der Waals surface area contributed by atoms with E-state index in [1.807, 2.05) is 30.3 Å². The summed E-state index contributed by atoms with van der Waals surface area (Å²) < 4.78 is 46.1. The van der Waals surface area contributed by atoms with Crippen molar-refractivity contribution >= 4 is 16.8 Å². The van der Waals surface area contributed by atoms with Crippen molar-refractivity contribution in [2.75, 3.05) is 0 Å². The number of carbonyl (C=O) groups excluding carboxylic acids is 1. The predicted octanol–water partition coefficient (Wildman–Crippen LogP) is 4.28. The molecule has 1 aliphatic carbocycles. The third kappa shape index (κ3) is 5.26. The van der Waals surface area contributed by atoms with E-state index < -0.39 is 12.5 Å². The van der Waals surface area contributed by atoms with E-state index in [0.717, 1.165) is 10.9 Å². The number of amides is 1. The molecular weight excluding hydrogens is 413 g/mol. The summed E-state index contributed by atoms with van der Waals surface area (Å²) in [6.07, 6.45) is -4.44. The van der Waals surface area contributed by atoms with Gasteiger partial charge in [0.25, 0.3) is 5.91 Å². The van der Waals surface area contributed by atoms with Crippen molar-refractivity contribution in [1.82, 2.24) is 20.5 Å². The highest BCUT2D eigenvalue weighted by molar-refractivity contribution is 5.95. The van der Waals surface area contributed by atoms with Gasteiger partial charge in [0.05, 0.1) is 11.6 Å². The number of ether oxygens (including phenoxy) is 1. The number of nitrogens with one attached hydrogen (secondary N) is 1. The molecule has 1 N–H and O–H groups in total. The Balaban J connectivity index is 1.25.